The lowest BCUT2D eigenvalue weighted by atomic mass is 10.0. The maximum Gasteiger partial charge on any atom is 0.129 e. The van der Waals surface area contributed by atoms with Gasteiger partial charge in [0, 0.05) is 24.6 Å². The molecule has 0 aromatic heterocycles. The SMILES string of the molecule is COc1ccc(C=C2CCC(=S)NC2)c(OC)c1. The zero-order chi connectivity index (χ0) is 13.0. The molecule has 0 bridgehead atoms. The van der Waals surface area contributed by atoms with Crippen molar-refractivity contribution >= 4 is 23.3 Å². The highest BCUT2D eigenvalue weighted by Gasteiger charge is 2.10. The summed E-state index contributed by atoms with van der Waals surface area (Å²) in [6.07, 6.45) is 4.10. The number of piperidine rings is 1. The summed E-state index contributed by atoms with van der Waals surface area (Å²) in [5.41, 5.74) is 2.41. The average Bonchev–Trinajstić information content (AvgIpc) is 2.41. The highest BCUT2D eigenvalue weighted by Crippen LogP contribution is 2.27. The number of thiocarbonyl (C=S) groups is 1. The number of nitrogens with one attached hydrogen (secondary N) is 1. The van der Waals surface area contributed by atoms with E-state index in [1.54, 1.807) is 14.2 Å². The number of benzene rings is 1. The second kappa shape index (κ2) is 5.87. The number of ether oxygens (including phenoxy) is 2. The fourth-order valence-corrected chi connectivity index (χ4v) is 2.12. The lowest BCUT2D eigenvalue weighted by molar-refractivity contribution is 0.393. The summed E-state index contributed by atoms with van der Waals surface area (Å²) < 4.78 is 10.6. The van der Waals surface area contributed by atoms with Crippen LogP contribution in [0.1, 0.15) is 18.4 Å². The molecule has 0 saturated carbocycles. The van der Waals surface area contributed by atoms with Gasteiger partial charge < -0.3 is 14.8 Å². The summed E-state index contributed by atoms with van der Waals surface area (Å²) in [5, 5.41) is 3.21. The van der Waals surface area contributed by atoms with E-state index >= 15 is 0 Å². The Kier molecular flexibility index (Phi) is 4.20. The van der Waals surface area contributed by atoms with Gasteiger partial charge in [-0.25, -0.2) is 0 Å². The van der Waals surface area contributed by atoms with Crippen LogP contribution in [0.3, 0.4) is 0 Å². The largest absolute Gasteiger partial charge is 0.497 e. The maximum absolute atomic E-state index is 5.38. The van der Waals surface area contributed by atoms with Crippen LogP contribution in [0.15, 0.2) is 23.8 Å². The molecular weight excluding hydrogens is 246 g/mol. The summed E-state index contributed by atoms with van der Waals surface area (Å²) in [6, 6.07) is 5.85. The zero-order valence-corrected chi connectivity index (χ0v) is 11.5. The topological polar surface area (TPSA) is 30.5 Å². The van der Waals surface area contributed by atoms with Crippen molar-refractivity contribution in [1.82, 2.24) is 5.32 Å². The molecule has 0 atom stereocenters. The van der Waals surface area contributed by atoms with Gasteiger partial charge in [-0.2, -0.15) is 0 Å². The van der Waals surface area contributed by atoms with Crippen LogP contribution in [0.5, 0.6) is 11.5 Å². The third-order valence-electron chi connectivity index (χ3n) is 2.99. The van der Waals surface area contributed by atoms with Crippen molar-refractivity contribution < 1.29 is 9.47 Å². The van der Waals surface area contributed by atoms with Crippen molar-refractivity contribution in [3.05, 3.63) is 29.3 Å². The van der Waals surface area contributed by atoms with E-state index in [1.165, 1.54) is 5.57 Å². The van der Waals surface area contributed by atoms with Crippen LogP contribution in [-0.2, 0) is 0 Å². The van der Waals surface area contributed by atoms with Crippen molar-refractivity contribution in [2.75, 3.05) is 20.8 Å². The van der Waals surface area contributed by atoms with Crippen molar-refractivity contribution in [1.29, 1.82) is 0 Å². The summed E-state index contributed by atoms with van der Waals surface area (Å²) in [4.78, 5) is 0.953. The van der Waals surface area contributed by atoms with Gasteiger partial charge in [-0.1, -0.05) is 23.9 Å². The van der Waals surface area contributed by atoms with Gasteiger partial charge in [-0.3, -0.25) is 0 Å². The van der Waals surface area contributed by atoms with Crippen LogP contribution in [-0.4, -0.2) is 25.8 Å². The molecule has 1 aromatic carbocycles. The van der Waals surface area contributed by atoms with E-state index in [-0.39, 0.29) is 0 Å². The minimum Gasteiger partial charge on any atom is -0.497 e. The van der Waals surface area contributed by atoms with Gasteiger partial charge in [0.1, 0.15) is 11.5 Å². The van der Waals surface area contributed by atoms with Crippen LogP contribution < -0.4 is 14.8 Å². The van der Waals surface area contributed by atoms with Crippen LogP contribution in [0.25, 0.3) is 6.08 Å². The molecule has 0 unspecified atom stereocenters. The number of methoxy groups -OCH3 is 2. The van der Waals surface area contributed by atoms with E-state index in [1.807, 2.05) is 18.2 Å². The minimum absolute atomic E-state index is 0.803. The molecule has 1 saturated heterocycles. The van der Waals surface area contributed by atoms with Gasteiger partial charge in [-0.05, 0) is 18.6 Å². The van der Waals surface area contributed by atoms with Crippen LogP contribution in [0, 0.1) is 0 Å². The molecule has 0 radical (unpaired) electrons. The molecule has 3 nitrogen and oxygen atoms in total. The standard InChI is InChI=1S/C14H17NO2S/c1-16-12-5-4-11(13(8-12)17-2)7-10-3-6-14(18)15-9-10/h4-5,7-8H,3,6,9H2,1-2H3,(H,15,18). The van der Waals surface area contributed by atoms with Crippen LogP contribution in [0.4, 0.5) is 0 Å². The summed E-state index contributed by atoms with van der Waals surface area (Å²) >= 11 is 5.13. The predicted octanol–water partition coefficient (Wildman–Crippen LogP) is 2.80. The van der Waals surface area contributed by atoms with E-state index in [0.717, 1.165) is 41.4 Å². The Morgan fingerprint density at radius 3 is 2.67 bits per heavy atom. The highest BCUT2D eigenvalue weighted by atomic mass is 32.1. The molecule has 4 heteroatoms. The molecule has 1 aliphatic heterocycles. The van der Waals surface area contributed by atoms with Gasteiger partial charge in [0.25, 0.3) is 0 Å². The Morgan fingerprint density at radius 2 is 2.06 bits per heavy atom. The molecule has 1 fully saturated rings. The van der Waals surface area contributed by atoms with E-state index in [9.17, 15) is 0 Å². The zero-order valence-electron chi connectivity index (χ0n) is 10.7. The molecule has 1 heterocycles. The first-order chi connectivity index (χ1) is 8.72. The van der Waals surface area contributed by atoms with Gasteiger partial charge in [0.05, 0.1) is 19.2 Å². The summed E-state index contributed by atoms with van der Waals surface area (Å²) in [6.45, 7) is 0.827. The van der Waals surface area contributed by atoms with Gasteiger partial charge in [-0.15, -0.1) is 0 Å². The highest BCUT2D eigenvalue weighted by molar-refractivity contribution is 7.80. The number of hydrogen-bond acceptors (Lipinski definition) is 3. The van der Waals surface area contributed by atoms with Crippen LogP contribution in [0.2, 0.25) is 0 Å². The Morgan fingerprint density at radius 1 is 1.22 bits per heavy atom. The Hall–Kier alpha value is -1.55. The Bertz CT molecular complexity index is 471. The van der Waals surface area contributed by atoms with Gasteiger partial charge in [0.15, 0.2) is 0 Å². The summed E-state index contributed by atoms with van der Waals surface area (Å²) in [5.74, 6) is 1.63. The number of rotatable bonds is 3. The molecular formula is C14H17NO2S. The van der Waals surface area contributed by atoms with E-state index < -0.39 is 0 Å². The average molecular weight is 263 g/mol. The fraction of sp³-hybridized carbons (Fsp3) is 0.357. The quantitative estimate of drug-likeness (QED) is 0.850. The number of hydrogen-bond donors (Lipinski definition) is 1. The summed E-state index contributed by atoms with van der Waals surface area (Å²) in [7, 11) is 3.32. The first-order valence-electron chi connectivity index (χ1n) is 5.91. The van der Waals surface area contributed by atoms with Crippen molar-refractivity contribution in [2.45, 2.75) is 12.8 Å². The molecule has 0 spiro atoms. The molecule has 0 aliphatic carbocycles. The van der Waals surface area contributed by atoms with Gasteiger partial charge in [0.2, 0.25) is 0 Å². The minimum atomic E-state index is 0.803. The maximum atomic E-state index is 5.38. The normalized spacial score (nSPS) is 17.4. The first kappa shape index (κ1) is 12.9. The second-order valence-corrected chi connectivity index (χ2v) is 4.68. The molecule has 1 N–H and O–H groups in total. The van der Waals surface area contributed by atoms with E-state index in [0.29, 0.717) is 0 Å². The lowest BCUT2D eigenvalue weighted by Crippen LogP contribution is -2.28. The Labute approximate surface area is 113 Å². The lowest BCUT2D eigenvalue weighted by Gasteiger charge is -2.18. The molecule has 2 rings (SSSR count). The fourth-order valence-electron chi connectivity index (χ4n) is 1.94. The third-order valence-corrected chi connectivity index (χ3v) is 3.33. The van der Waals surface area contributed by atoms with Crippen LogP contribution >= 0.6 is 12.2 Å². The molecule has 1 aromatic rings. The van der Waals surface area contributed by atoms with Crippen molar-refractivity contribution in [2.24, 2.45) is 0 Å². The molecule has 96 valence electrons. The molecule has 18 heavy (non-hydrogen) atoms. The van der Waals surface area contributed by atoms with E-state index in [2.05, 4.69) is 11.4 Å². The monoisotopic (exact) mass is 263 g/mol. The van der Waals surface area contributed by atoms with E-state index in [4.69, 9.17) is 21.7 Å². The van der Waals surface area contributed by atoms with Crippen molar-refractivity contribution in [3.63, 3.8) is 0 Å². The molecule has 0 amide bonds. The second-order valence-electron chi connectivity index (χ2n) is 4.19. The smallest absolute Gasteiger partial charge is 0.129 e. The van der Waals surface area contributed by atoms with Crippen molar-refractivity contribution in [3.8, 4) is 11.5 Å². The third kappa shape index (κ3) is 3.01. The first-order valence-corrected chi connectivity index (χ1v) is 6.32. The predicted molar refractivity (Wildman–Crippen MR) is 77.4 cm³/mol. The Balaban J connectivity index is 2.22. The molecule has 1 aliphatic rings. The van der Waals surface area contributed by atoms with Gasteiger partial charge >= 0.3 is 0 Å².